The fourth-order valence-electron chi connectivity index (χ4n) is 1.16. The molecule has 0 aromatic carbocycles. The van der Waals surface area contributed by atoms with Gasteiger partial charge in [0, 0.05) is 12.3 Å². The van der Waals surface area contributed by atoms with E-state index in [-0.39, 0.29) is 0 Å². The molecule has 0 bridgehead atoms. The van der Waals surface area contributed by atoms with Gasteiger partial charge in [-0.2, -0.15) is 10.4 Å². The van der Waals surface area contributed by atoms with E-state index in [0.717, 1.165) is 17.8 Å². The Bertz CT molecular complexity index is 478. The molecule has 0 atom stereocenters. The summed E-state index contributed by atoms with van der Waals surface area (Å²) in [6.45, 7) is 2.03. The standard InChI is InChI=1S/C9H8N4/c1-2-8-3-9-11-5-7(4-10)6-13(9)12-8/h3,5-6H,2H2,1H3. The number of aryl methyl sites for hydroxylation is 1. The minimum atomic E-state index is 0.526. The third-order valence-electron chi connectivity index (χ3n) is 1.86. The molecule has 0 aliphatic rings. The summed E-state index contributed by atoms with van der Waals surface area (Å²) < 4.78 is 1.64. The molecule has 13 heavy (non-hydrogen) atoms. The van der Waals surface area contributed by atoms with Gasteiger partial charge in [-0.1, -0.05) is 6.92 Å². The van der Waals surface area contributed by atoms with Crippen molar-refractivity contribution in [1.82, 2.24) is 14.6 Å². The molecule has 0 spiro atoms. The Hall–Kier alpha value is -1.89. The lowest BCUT2D eigenvalue weighted by Gasteiger charge is -1.90. The first kappa shape index (κ1) is 7.74. The van der Waals surface area contributed by atoms with E-state index < -0.39 is 0 Å². The van der Waals surface area contributed by atoms with Gasteiger partial charge in [0.15, 0.2) is 5.65 Å². The van der Waals surface area contributed by atoms with Gasteiger partial charge in [0.1, 0.15) is 6.07 Å². The van der Waals surface area contributed by atoms with E-state index in [1.807, 2.05) is 19.1 Å². The molecule has 2 heterocycles. The van der Waals surface area contributed by atoms with Crippen LogP contribution in [0.3, 0.4) is 0 Å². The molecule has 64 valence electrons. The highest BCUT2D eigenvalue weighted by molar-refractivity contribution is 5.41. The van der Waals surface area contributed by atoms with E-state index in [2.05, 4.69) is 10.1 Å². The molecular weight excluding hydrogens is 164 g/mol. The maximum atomic E-state index is 8.63. The third kappa shape index (κ3) is 1.25. The molecule has 0 saturated heterocycles. The molecule has 0 fully saturated rings. The van der Waals surface area contributed by atoms with E-state index in [9.17, 15) is 0 Å². The molecule has 0 amide bonds. The van der Waals surface area contributed by atoms with E-state index in [0.29, 0.717) is 5.56 Å². The van der Waals surface area contributed by atoms with E-state index in [1.54, 1.807) is 16.9 Å². The number of rotatable bonds is 1. The summed E-state index contributed by atoms with van der Waals surface area (Å²) in [5, 5.41) is 12.9. The normalized spacial score (nSPS) is 10.2. The molecule has 0 aliphatic carbocycles. The molecular formula is C9H8N4. The van der Waals surface area contributed by atoms with Crippen molar-refractivity contribution < 1.29 is 0 Å². The van der Waals surface area contributed by atoms with Gasteiger partial charge in [0.25, 0.3) is 0 Å². The van der Waals surface area contributed by atoms with E-state index >= 15 is 0 Å². The van der Waals surface area contributed by atoms with Crippen LogP contribution >= 0.6 is 0 Å². The second-order valence-electron chi connectivity index (χ2n) is 2.75. The van der Waals surface area contributed by atoms with Crippen molar-refractivity contribution in [1.29, 1.82) is 5.26 Å². The van der Waals surface area contributed by atoms with Crippen LogP contribution in [0.25, 0.3) is 5.65 Å². The van der Waals surface area contributed by atoms with Crippen molar-refractivity contribution >= 4 is 5.65 Å². The second kappa shape index (κ2) is 2.87. The quantitative estimate of drug-likeness (QED) is 0.648. The molecule has 0 N–H and O–H groups in total. The highest BCUT2D eigenvalue weighted by Crippen LogP contribution is 2.04. The average Bonchev–Trinajstić information content (AvgIpc) is 2.58. The lowest BCUT2D eigenvalue weighted by Crippen LogP contribution is -1.91. The van der Waals surface area contributed by atoms with Crippen LogP contribution in [0.2, 0.25) is 0 Å². The summed E-state index contributed by atoms with van der Waals surface area (Å²) in [5.41, 5.74) is 2.30. The SMILES string of the molecule is CCc1cc2ncc(C#N)cn2n1. The summed E-state index contributed by atoms with van der Waals surface area (Å²) in [5.74, 6) is 0. The molecule has 2 aromatic rings. The maximum absolute atomic E-state index is 8.63. The number of nitriles is 1. The lowest BCUT2D eigenvalue weighted by atomic mass is 10.3. The number of nitrogens with zero attached hydrogens (tertiary/aromatic N) is 4. The van der Waals surface area contributed by atoms with Gasteiger partial charge in [0.2, 0.25) is 0 Å². The molecule has 4 nitrogen and oxygen atoms in total. The van der Waals surface area contributed by atoms with E-state index in [1.165, 1.54) is 0 Å². The van der Waals surface area contributed by atoms with Gasteiger partial charge >= 0.3 is 0 Å². The summed E-state index contributed by atoms with van der Waals surface area (Å²) in [6.07, 6.45) is 4.11. The monoisotopic (exact) mass is 172 g/mol. The van der Waals surface area contributed by atoms with Crippen molar-refractivity contribution in [3.8, 4) is 6.07 Å². The Labute approximate surface area is 75.4 Å². The van der Waals surface area contributed by atoms with Crippen LogP contribution in [-0.2, 0) is 6.42 Å². The zero-order chi connectivity index (χ0) is 9.26. The number of aromatic nitrogens is 3. The summed E-state index contributed by atoms with van der Waals surface area (Å²) in [6, 6.07) is 3.94. The molecule has 2 rings (SSSR count). The first-order chi connectivity index (χ1) is 6.33. The van der Waals surface area contributed by atoms with Crippen LogP contribution < -0.4 is 0 Å². The van der Waals surface area contributed by atoms with Gasteiger partial charge in [-0.15, -0.1) is 0 Å². The zero-order valence-electron chi connectivity index (χ0n) is 7.23. The number of hydrogen-bond donors (Lipinski definition) is 0. The molecule has 0 saturated carbocycles. The van der Waals surface area contributed by atoms with Gasteiger partial charge in [-0.3, -0.25) is 0 Å². The van der Waals surface area contributed by atoms with Crippen molar-refractivity contribution in [2.24, 2.45) is 0 Å². The van der Waals surface area contributed by atoms with Crippen molar-refractivity contribution in [2.75, 3.05) is 0 Å². The fourth-order valence-corrected chi connectivity index (χ4v) is 1.16. The third-order valence-corrected chi connectivity index (χ3v) is 1.86. The van der Waals surface area contributed by atoms with Crippen LogP contribution in [0.4, 0.5) is 0 Å². The van der Waals surface area contributed by atoms with Crippen LogP contribution in [0, 0.1) is 11.3 Å². The molecule has 4 heteroatoms. The van der Waals surface area contributed by atoms with Crippen molar-refractivity contribution in [3.63, 3.8) is 0 Å². The zero-order valence-corrected chi connectivity index (χ0v) is 7.23. The summed E-state index contributed by atoms with van der Waals surface area (Å²) in [7, 11) is 0. The molecule has 0 unspecified atom stereocenters. The molecule has 0 radical (unpaired) electrons. The first-order valence-electron chi connectivity index (χ1n) is 4.08. The smallest absolute Gasteiger partial charge is 0.155 e. The average molecular weight is 172 g/mol. The van der Waals surface area contributed by atoms with Gasteiger partial charge < -0.3 is 0 Å². The summed E-state index contributed by atoms with van der Waals surface area (Å²) >= 11 is 0. The fraction of sp³-hybridized carbons (Fsp3) is 0.222. The molecule has 2 aromatic heterocycles. The Balaban J connectivity index is 2.65. The maximum Gasteiger partial charge on any atom is 0.155 e. The summed E-state index contributed by atoms with van der Waals surface area (Å²) in [4.78, 5) is 4.10. The van der Waals surface area contributed by atoms with Crippen LogP contribution in [0.1, 0.15) is 18.2 Å². The lowest BCUT2D eigenvalue weighted by molar-refractivity contribution is 0.884. The van der Waals surface area contributed by atoms with Crippen molar-refractivity contribution in [2.45, 2.75) is 13.3 Å². The van der Waals surface area contributed by atoms with Crippen LogP contribution in [0.5, 0.6) is 0 Å². The van der Waals surface area contributed by atoms with Crippen molar-refractivity contribution in [3.05, 3.63) is 29.7 Å². The number of fused-ring (bicyclic) bond motifs is 1. The minimum absolute atomic E-state index is 0.526. The van der Waals surface area contributed by atoms with Gasteiger partial charge in [-0.05, 0) is 6.42 Å². The van der Waals surface area contributed by atoms with Gasteiger partial charge in [0.05, 0.1) is 17.5 Å². The Morgan fingerprint density at radius 2 is 2.46 bits per heavy atom. The Kier molecular flexibility index (Phi) is 1.71. The highest BCUT2D eigenvalue weighted by Gasteiger charge is 2.00. The van der Waals surface area contributed by atoms with Crippen LogP contribution in [-0.4, -0.2) is 14.6 Å². The van der Waals surface area contributed by atoms with E-state index in [4.69, 9.17) is 5.26 Å². The topological polar surface area (TPSA) is 54.0 Å². The Morgan fingerprint density at radius 3 is 3.15 bits per heavy atom. The number of hydrogen-bond acceptors (Lipinski definition) is 3. The predicted molar refractivity (Wildman–Crippen MR) is 47.1 cm³/mol. The predicted octanol–water partition coefficient (Wildman–Crippen LogP) is 1.16. The van der Waals surface area contributed by atoms with Gasteiger partial charge in [-0.25, -0.2) is 9.50 Å². The first-order valence-corrected chi connectivity index (χ1v) is 4.08. The largest absolute Gasteiger partial charge is 0.236 e. The second-order valence-corrected chi connectivity index (χ2v) is 2.75. The Morgan fingerprint density at radius 1 is 1.62 bits per heavy atom. The highest BCUT2D eigenvalue weighted by atomic mass is 15.2. The van der Waals surface area contributed by atoms with Crippen LogP contribution in [0.15, 0.2) is 18.5 Å². The molecule has 0 aliphatic heterocycles. The minimum Gasteiger partial charge on any atom is -0.236 e.